The standard InChI is InChI=1S/C36H38F6O2/c1-2-3-23-10-13-25(32(38)31(23)37)21-6-4-20(5-7-21)18-43-24-11-8-22(9-12-24)26-14-15-27(34(40)33(26)39)28-16-17-29(30-19-44-30)36(42)35(28)41/h10,13-17,20-22,24,30H,2-9,11-12,18-19H2,1H3. The highest BCUT2D eigenvalue weighted by molar-refractivity contribution is 5.66. The van der Waals surface area contributed by atoms with Gasteiger partial charge in [-0.1, -0.05) is 49.7 Å². The molecule has 0 aromatic heterocycles. The lowest BCUT2D eigenvalue weighted by atomic mass is 9.78. The lowest BCUT2D eigenvalue weighted by Crippen LogP contribution is -2.26. The smallest absolute Gasteiger partial charge is 0.167 e. The van der Waals surface area contributed by atoms with E-state index in [1.807, 2.05) is 6.92 Å². The van der Waals surface area contributed by atoms with Gasteiger partial charge >= 0.3 is 0 Å². The van der Waals surface area contributed by atoms with E-state index < -0.39 is 41.0 Å². The Morgan fingerprint density at radius 1 is 0.614 bits per heavy atom. The molecule has 3 aliphatic rings. The summed E-state index contributed by atoms with van der Waals surface area (Å²) in [5.74, 6) is -5.73. The van der Waals surface area contributed by atoms with Gasteiger partial charge in [-0.05, 0) is 92.2 Å². The molecule has 0 spiro atoms. The van der Waals surface area contributed by atoms with Crippen LogP contribution in [-0.2, 0) is 15.9 Å². The molecule has 2 aliphatic carbocycles. The zero-order valence-electron chi connectivity index (χ0n) is 24.9. The number of rotatable bonds is 9. The summed E-state index contributed by atoms with van der Waals surface area (Å²) in [4.78, 5) is 0. The van der Waals surface area contributed by atoms with Gasteiger partial charge in [0.2, 0.25) is 0 Å². The molecule has 44 heavy (non-hydrogen) atoms. The number of ether oxygens (including phenoxy) is 2. The molecule has 1 atom stereocenters. The second-order valence-electron chi connectivity index (χ2n) is 12.7. The molecule has 2 nitrogen and oxygen atoms in total. The average molecular weight is 617 g/mol. The predicted octanol–water partition coefficient (Wildman–Crippen LogP) is 10.2. The van der Waals surface area contributed by atoms with Crippen molar-refractivity contribution >= 4 is 0 Å². The Labute approximate surface area is 254 Å². The molecule has 1 aliphatic heterocycles. The number of epoxide rings is 1. The monoisotopic (exact) mass is 616 g/mol. The molecule has 3 aromatic carbocycles. The van der Waals surface area contributed by atoms with Crippen molar-refractivity contribution in [2.75, 3.05) is 13.2 Å². The fraction of sp³-hybridized carbons (Fsp3) is 0.500. The highest BCUT2D eigenvalue weighted by Crippen LogP contribution is 2.41. The molecule has 2 saturated carbocycles. The first-order valence-corrected chi connectivity index (χ1v) is 15.9. The van der Waals surface area contributed by atoms with E-state index in [1.165, 1.54) is 24.3 Å². The summed E-state index contributed by atoms with van der Waals surface area (Å²) in [6.07, 6.45) is 6.87. The van der Waals surface area contributed by atoms with Crippen LogP contribution in [0.1, 0.15) is 105 Å². The van der Waals surface area contributed by atoms with Crippen molar-refractivity contribution < 1.29 is 35.8 Å². The molecule has 6 rings (SSSR count). The second kappa shape index (κ2) is 13.3. The molecule has 0 bridgehead atoms. The van der Waals surface area contributed by atoms with E-state index in [4.69, 9.17) is 9.47 Å². The van der Waals surface area contributed by atoms with E-state index in [-0.39, 0.29) is 40.2 Å². The number of benzene rings is 3. The normalized spacial score (nSPS) is 25.3. The SMILES string of the molecule is CCCc1ccc(C2CCC(COC3CCC(c4ccc(-c5ccc(C6CO6)c(F)c5F)c(F)c4F)CC3)CC2)c(F)c1F. The Morgan fingerprint density at radius 2 is 1.11 bits per heavy atom. The number of hydrogen-bond acceptors (Lipinski definition) is 2. The van der Waals surface area contributed by atoms with E-state index >= 15 is 8.78 Å². The zero-order chi connectivity index (χ0) is 31.0. The summed E-state index contributed by atoms with van der Waals surface area (Å²) in [6.45, 7) is 2.85. The predicted molar refractivity (Wildman–Crippen MR) is 156 cm³/mol. The van der Waals surface area contributed by atoms with Crippen molar-refractivity contribution in [2.24, 2.45) is 5.92 Å². The van der Waals surface area contributed by atoms with Gasteiger partial charge in [0.1, 0.15) is 6.10 Å². The van der Waals surface area contributed by atoms with Crippen LogP contribution in [0.15, 0.2) is 36.4 Å². The van der Waals surface area contributed by atoms with Gasteiger partial charge in [0.05, 0.1) is 12.7 Å². The van der Waals surface area contributed by atoms with Crippen molar-refractivity contribution in [1.82, 2.24) is 0 Å². The minimum absolute atomic E-state index is 0.0146. The summed E-state index contributed by atoms with van der Waals surface area (Å²) in [7, 11) is 0. The lowest BCUT2D eigenvalue weighted by Gasteiger charge is -2.33. The zero-order valence-corrected chi connectivity index (χ0v) is 24.9. The first-order chi connectivity index (χ1) is 21.3. The minimum atomic E-state index is -1.21. The van der Waals surface area contributed by atoms with Crippen molar-refractivity contribution in [3.8, 4) is 11.1 Å². The van der Waals surface area contributed by atoms with Gasteiger partial charge in [0.15, 0.2) is 34.9 Å². The molecule has 236 valence electrons. The van der Waals surface area contributed by atoms with Crippen LogP contribution in [0.5, 0.6) is 0 Å². The Kier molecular flexibility index (Phi) is 9.39. The van der Waals surface area contributed by atoms with Crippen LogP contribution in [0.3, 0.4) is 0 Å². The van der Waals surface area contributed by atoms with Gasteiger partial charge in [-0.2, -0.15) is 0 Å². The van der Waals surface area contributed by atoms with Crippen LogP contribution < -0.4 is 0 Å². The van der Waals surface area contributed by atoms with E-state index in [2.05, 4.69) is 0 Å². The Balaban J connectivity index is 1.00. The number of hydrogen-bond donors (Lipinski definition) is 0. The van der Waals surface area contributed by atoms with E-state index in [0.717, 1.165) is 32.1 Å². The van der Waals surface area contributed by atoms with Crippen LogP contribution >= 0.6 is 0 Å². The van der Waals surface area contributed by atoms with Crippen LogP contribution in [0.25, 0.3) is 11.1 Å². The molecule has 0 radical (unpaired) electrons. The quantitative estimate of drug-likeness (QED) is 0.176. The first-order valence-electron chi connectivity index (χ1n) is 15.9. The number of aryl methyl sites for hydroxylation is 1. The summed E-state index contributed by atoms with van der Waals surface area (Å²) < 4.78 is 100. The first kappa shape index (κ1) is 31.2. The molecule has 3 fully saturated rings. The number of halogens is 6. The fourth-order valence-corrected chi connectivity index (χ4v) is 7.17. The van der Waals surface area contributed by atoms with Gasteiger partial charge in [0.25, 0.3) is 0 Å². The highest BCUT2D eigenvalue weighted by Gasteiger charge is 2.32. The third kappa shape index (κ3) is 6.30. The van der Waals surface area contributed by atoms with Gasteiger partial charge < -0.3 is 9.47 Å². The molecule has 1 heterocycles. The topological polar surface area (TPSA) is 21.8 Å². The summed E-state index contributed by atoms with van der Waals surface area (Å²) >= 11 is 0. The van der Waals surface area contributed by atoms with Crippen LogP contribution in [-0.4, -0.2) is 19.3 Å². The van der Waals surface area contributed by atoms with Gasteiger partial charge in [0, 0.05) is 23.3 Å². The largest absolute Gasteiger partial charge is 0.378 e. The van der Waals surface area contributed by atoms with Crippen LogP contribution in [0.2, 0.25) is 0 Å². The molecular formula is C36H38F6O2. The van der Waals surface area contributed by atoms with Gasteiger partial charge in [-0.25, -0.2) is 26.3 Å². The molecule has 1 unspecified atom stereocenters. The van der Waals surface area contributed by atoms with Crippen LogP contribution in [0.4, 0.5) is 26.3 Å². The van der Waals surface area contributed by atoms with E-state index in [9.17, 15) is 17.6 Å². The molecular weight excluding hydrogens is 578 g/mol. The summed E-state index contributed by atoms with van der Waals surface area (Å²) in [6, 6.07) is 8.92. The third-order valence-corrected chi connectivity index (χ3v) is 9.87. The summed E-state index contributed by atoms with van der Waals surface area (Å²) in [5.41, 5.74) is 0.625. The lowest BCUT2D eigenvalue weighted by molar-refractivity contribution is -0.00294. The molecule has 0 amide bonds. The molecule has 1 saturated heterocycles. The molecule has 0 N–H and O–H groups in total. The van der Waals surface area contributed by atoms with Crippen molar-refractivity contribution in [3.05, 3.63) is 93.6 Å². The highest BCUT2D eigenvalue weighted by atomic mass is 19.2. The van der Waals surface area contributed by atoms with Gasteiger partial charge in [-0.3, -0.25) is 0 Å². The molecule has 8 heteroatoms. The molecule has 3 aromatic rings. The van der Waals surface area contributed by atoms with Crippen LogP contribution in [0, 0.1) is 40.8 Å². The Bertz CT molecular complexity index is 1490. The maximum atomic E-state index is 15.2. The summed E-state index contributed by atoms with van der Waals surface area (Å²) in [5, 5.41) is 0. The average Bonchev–Trinajstić information content (AvgIpc) is 3.88. The fourth-order valence-electron chi connectivity index (χ4n) is 7.17. The van der Waals surface area contributed by atoms with E-state index in [0.29, 0.717) is 62.4 Å². The third-order valence-electron chi connectivity index (χ3n) is 9.87. The maximum Gasteiger partial charge on any atom is 0.167 e. The van der Waals surface area contributed by atoms with E-state index in [1.54, 1.807) is 12.1 Å². The minimum Gasteiger partial charge on any atom is -0.378 e. The second-order valence-corrected chi connectivity index (χ2v) is 12.7. The van der Waals surface area contributed by atoms with Gasteiger partial charge in [-0.15, -0.1) is 0 Å². The Morgan fingerprint density at radius 3 is 1.68 bits per heavy atom. The van der Waals surface area contributed by atoms with Crippen molar-refractivity contribution in [2.45, 2.75) is 95.2 Å². The Hall–Kier alpha value is -2.84. The van der Waals surface area contributed by atoms with Crippen molar-refractivity contribution in [3.63, 3.8) is 0 Å². The van der Waals surface area contributed by atoms with Crippen molar-refractivity contribution in [1.29, 1.82) is 0 Å². The maximum absolute atomic E-state index is 15.2.